The lowest BCUT2D eigenvalue weighted by Crippen LogP contribution is -2.60. The summed E-state index contributed by atoms with van der Waals surface area (Å²) < 4.78 is 0. The molecule has 1 aliphatic heterocycles. The summed E-state index contributed by atoms with van der Waals surface area (Å²) in [6.45, 7) is 11.9. The number of hydrogen-bond acceptors (Lipinski definition) is 2. The van der Waals surface area contributed by atoms with E-state index in [1.54, 1.807) is 6.08 Å². The third kappa shape index (κ3) is 2.69. The first kappa shape index (κ1) is 17.6. The maximum Gasteiger partial charge on any atom is 0.243 e. The molecule has 0 aromatic heterocycles. The molecule has 4 rings (SSSR count). The Morgan fingerprint density at radius 1 is 1.08 bits per heavy atom. The van der Waals surface area contributed by atoms with Gasteiger partial charge in [-0.25, -0.2) is 0 Å². The second-order valence-corrected chi connectivity index (χ2v) is 10.8. The molecule has 3 fully saturated rings. The van der Waals surface area contributed by atoms with Crippen LogP contribution in [0.25, 0.3) is 0 Å². The Morgan fingerprint density at radius 2 is 1.84 bits per heavy atom. The molecule has 0 aromatic rings. The van der Waals surface area contributed by atoms with Crippen molar-refractivity contribution in [1.29, 1.82) is 0 Å². The molecule has 4 aliphatic rings. The van der Waals surface area contributed by atoms with Gasteiger partial charge in [-0.3, -0.25) is 4.79 Å². The zero-order valence-electron chi connectivity index (χ0n) is 16.7. The van der Waals surface area contributed by atoms with E-state index in [2.05, 4.69) is 51.3 Å². The summed E-state index contributed by atoms with van der Waals surface area (Å²) in [7, 11) is 0. The van der Waals surface area contributed by atoms with Crippen LogP contribution in [0.4, 0.5) is 0 Å². The minimum atomic E-state index is 0.108. The molecule has 2 N–H and O–H groups in total. The SMILES string of the molecule is CC(C)(C)NC1CC[C@H]2[C@@H]3CCC4NC(=O)C=C[C@]4(C)[C@@H]3CC[C@]12C. The van der Waals surface area contributed by atoms with Crippen molar-refractivity contribution in [1.82, 2.24) is 10.6 Å². The highest BCUT2D eigenvalue weighted by atomic mass is 16.1. The second-order valence-electron chi connectivity index (χ2n) is 10.8. The number of fused-ring (bicyclic) bond motifs is 5. The molecule has 0 saturated heterocycles. The van der Waals surface area contributed by atoms with E-state index in [0.29, 0.717) is 17.5 Å². The number of carbonyl (C=O) groups excluding carboxylic acids is 1. The Hall–Kier alpha value is -0.830. The molecule has 3 nitrogen and oxygen atoms in total. The smallest absolute Gasteiger partial charge is 0.243 e. The quantitative estimate of drug-likeness (QED) is 0.754. The molecular weight excluding hydrogens is 308 g/mol. The minimum absolute atomic E-state index is 0.108. The highest BCUT2D eigenvalue weighted by Gasteiger charge is 2.59. The zero-order chi connectivity index (χ0) is 18.0. The van der Waals surface area contributed by atoms with Crippen LogP contribution in [-0.2, 0) is 4.79 Å². The summed E-state index contributed by atoms with van der Waals surface area (Å²) in [5.41, 5.74) is 0.798. The van der Waals surface area contributed by atoms with Crippen molar-refractivity contribution in [2.75, 3.05) is 0 Å². The first-order chi connectivity index (χ1) is 11.6. The molecule has 3 saturated carbocycles. The lowest BCUT2D eigenvalue weighted by molar-refractivity contribution is -0.122. The molecule has 25 heavy (non-hydrogen) atoms. The van der Waals surface area contributed by atoms with Gasteiger partial charge in [0.15, 0.2) is 0 Å². The molecule has 0 radical (unpaired) electrons. The predicted octanol–water partition coefficient (Wildman–Crippen LogP) is 4.04. The van der Waals surface area contributed by atoms with Crippen LogP contribution in [0.1, 0.15) is 73.1 Å². The van der Waals surface area contributed by atoms with E-state index in [0.717, 1.165) is 24.2 Å². The predicted molar refractivity (Wildman–Crippen MR) is 102 cm³/mol. The topological polar surface area (TPSA) is 41.1 Å². The van der Waals surface area contributed by atoms with Gasteiger partial charge in [0.1, 0.15) is 0 Å². The van der Waals surface area contributed by atoms with Gasteiger partial charge in [-0.1, -0.05) is 19.9 Å². The second kappa shape index (κ2) is 5.58. The average molecular weight is 345 g/mol. The largest absolute Gasteiger partial charge is 0.349 e. The number of nitrogens with one attached hydrogen (secondary N) is 2. The number of hydrogen-bond donors (Lipinski definition) is 2. The molecule has 3 aliphatic carbocycles. The number of carbonyl (C=O) groups is 1. The minimum Gasteiger partial charge on any atom is -0.349 e. The Kier molecular flexibility index (Phi) is 3.92. The van der Waals surface area contributed by atoms with Gasteiger partial charge < -0.3 is 10.6 Å². The van der Waals surface area contributed by atoms with Gasteiger partial charge in [0.05, 0.1) is 0 Å². The third-order valence-electron chi connectivity index (χ3n) is 8.29. The molecule has 0 bridgehead atoms. The average Bonchev–Trinajstić information content (AvgIpc) is 2.83. The molecule has 1 heterocycles. The normalized spacial score (nSPS) is 49.2. The molecule has 2 unspecified atom stereocenters. The molecule has 0 aromatic carbocycles. The number of rotatable bonds is 1. The molecule has 140 valence electrons. The van der Waals surface area contributed by atoms with Gasteiger partial charge >= 0.3 is 0 Å². The van der Waals surface area contributed by atoms with E-state index in [4.69, 9.17) is 0 Å². The molecule has 0 spiro atoms. The Morgan fingerprint density at radius 3 is 2.56 bits per heavy atom. The summed E-state index contributed by atoms with van der Waals surface area (Å²) in [6, 6.07) is 1.01. The molecular formula is C22H36N2O. The van der Waals surface area contributed by atoms with Gasteiger partial charge in [0, 0.05) is 23.0 Å². The van der Waals surface area contributed by atoms with Crippen molar-refractivity contribution in [3.05, 3.63) is 12.2 Å². The summed E-state index contributed by atoms with van der Waals surface area (Å²) in [5.74, 6) is 2.51. The lowest BCUT2D eigenvalue weighted by atomic mass is 9.48. The Balaban J connectivity index is 1.60. The summed E-state index contributed by atoms with van der Waals surface area (Å²) in [4.78, 5) is 11.8. The van der Waals surface area contributed by atoms with Crippen LogP contribution in [0.15, 0.2) is 12.2 Å². The fourth-order valence-corrected chi connectivity index (χ4v) is 7.09. The summed E-state index contributed by atoms with van der Waals surface area (Å²) in [5, 5.41) is 7.22. The van der Waals surface area contributed by atoms with Crippen molar-refractivity contribution in [2.24, 2.45) is 28.6 Å². The van der Waals surface area contributed by atoms with Crippen LogP contribution >= 0.6 is 0 Å². The van der Waals surface area contributed by atoms with Crippen molar-refractivity contribution in [3.63, 3.8) is 0 Å². The fourth-order valence-electron chi connectivity index (χ4n) is 7.09. The third-order valence-corrected chi connectivity index (χ3v) is 8.29. The molecule has 7 atom stereocenters. The van der Waals surface area contributed by atoms with E-state index >= 15 is 0 Å². The van der Waals surface area contributed by atoms with Gasteiger partial charge in [-0.2, -0.15) is 0 Å². The van der Waals surface area contributed by atoms with Crippen molar-refractivity contribution in [2.45, 2.75) is 90.8 Å². The van der Waals surface area contributed by atoms with Crippen LogP contribution < -0.4 is 10.6 Å². The number of amides is 1. The van der Waals surface area contributed by atoms with Gasteiger partial charge in [-0.15, -0.1) is 0 Å². The van der Waals surface area contributed by atoms with Crippen LogP contribution in [0.2, 0.25) is 0 Å². The first-order valence-electron chi connectivity index (χ1n) is 10.4. The van der Waals surface area contributed by atoms with Gasteiger partial charge in [-0.05, 0) is 88.5 Å². The van der Waals surface area contributed by atoms with E-state index in [-0.39, 0.29) is 16.9 Å². The summed E-state index contributed by atoms with van der Waals surface area (Å²) >= 11 is 0. The van der Waals surface area contributed by atoms with Crippen molar-refractivity contribution >= 4 is 5.91 Å². The van der Waals surface area contributed by atoms with Gasteiger partial charge in [0.2, 0.25) is 5.91 Å². The molecule has 1 amide bonds. The Bertz CT molecular complexity index is 591. The standard InChI is InChI=1S/C22H36N2O/c1-20(2,3)24-18-9-7-15-14-6-8-17-21(4,13-11-19(25)23-17)16(14)10-12-22(15,18)5/h11,13-18,24H,6-10,12H2,1-5H3,(H,23,25)/t14-,15-,16+,17?,18?,21+,22-/m0/s1. The van der Waals surface area contributed by atoms with Crippen LogP contribution in [0.3, 0.4) is 0 Å². The molecule has 3 heteroatoms. The van der Waals surface area contributed by atoms with E-state index in [1.807, 2.05) is 0 Å². The van der Waals surface area contributed by atoms with Crippen molar-refractivity contribution in [3.8, 4) is 0 Å². The van der Waals surface area contributed by atoms with Crippen LogP contribution in [-0.4, -0.2) is 23.5 Å². The van der Waals surface area contributed by atoms with Gasteiger partial charge in [0.25, 0.3) is 0 Å². The Labute approximate surface area is 153 Å². The van der Waals surface area contributed by atoms with Crippen LogP contribution in [0, 0.1) is 28.6 Å². The summed E-state index contributed by atoms with van der Waals surface area (Å²) in [6.07, 6.45) is 11.8. The van der Waals surface area contributed by atoms with E-state index in [1.165, 1.54) is 32.1 Å². The highest BCUT2D eigenvalue weighted by Crippen LogP contribution is 2.63. The maximum absolute atomic E-state index is 11.8. The lowest BCUT2D eigenvalue weighted by Gasteiger charge is -2.59. The monoisotopic (exact) mass is 344 g/mol. The van der Waals surface area contributed by atoms with E-state index < -0.39 is 0 Å². The first-order valence-corrected chi connectivity index (χ1v) is 10.4. The fraction of sp³-hybridized carbons (Fsp3) is 0.864. The highest BCUT2D eigenvalue weighted by molar-refractivity contribution is 5.89. The van der Waals surface area contributed by atoms with Crippen LogP contribution in [0.5, 0.6) is 0 Å². The zero-order valence-corrected chi connectivity index (χ0v) is 16.7. The van der Waals surface area contributed by atoms with E-state index in [9.17, 15) is 4.79 Å². The maximum atomic E-state index is 11.8. The van der Waals surface area contributed by atoms with Crippen molar-refractivity contribution < 1.29 is 4.79 Å².